The predicted octanol–water partition coefficient (Wildman–Crippen LogP) is 1.64. The molecule has 1 amide bonds. The fraction of sp³-hybridized carbons (Fsp3) is 0.545. The Morgan fingerprint density at radius 3 is 2.94 bits per heavy atom. The summed E-state index contributed by atoms with van der Waals surface area (Å²) < 4.78 is 5.36. The molecular formula is C11H17NO3S. The molecule has 0 aliphatic rings. The highest BCUT2D eigenvalue weighted by molar-refractivity contribution is 7.97. The van der Waals surface area contributed by atoms with Crippen LogP contribution in [0.25, 0.3) is 0 Å². The average Bonchev–Trinajstić information content (AvgIpc) is 2.74. The Bertz CT molecular complexity index is 334. The average molecular weight is 243 g/mol. The molecule has 4 nitrogen and oxygen atoms in total. The normalized spacial score (nSPS) is 12.4. The molecule has 5 heteroatoms. The number of hydrogen-bond acceptors (Lipinski definition) is 4. The number of thioether (sulfide) groups is 1. The second kappa shape index (κ2) is 6.60. The number of carbonyl (C=O) groups is 1. The van der Waals surface area contributed by atoms with Crippen LogP contribution >= 0.6 is 11.8 Å². The monoisotopic (exact) mass is 243 g/mol. The zero-order valence-electron chi connectivity index (χ0n) is 9.53. The number of carbonyl (C=O) groups excluding carboxylic acids is 1. The van der Waals surface area contributed by atoms with Gasteiger partial charge in [-0.3, -0.25) is 4.79 Å². The SMILES string of the molecule is CC[C@@H](CO)NC(=O)c1ccc(CSC)o1. The van der Waals surface area contributed by atoms with Gasteiger partial charge in [0, 0.05) is 0 Å². The lowest BCUT2D eigenvalue weighted by atomic mass is 10.2. The summed E-state index contributed by atoms with van der Waals surface area (Å²) in [5, 5.41) is 11.7. The molecule has 0 bridgehead atoms. The minimum atomic E-state index is -0.270. The number of aliphatic hydroxyl groups excluding tert-OH is 1. The van der Waals surface area contributed by atoms with Crippen molar-refractivity contribution in [3.05, 3.63) is 23.7 Å². The molecule has 0 saturated carbocycles. The quantitative estimate of drug-likeness (QED) is 0.797. The molecule has 1 aromatic rings. The lowest BCUT2D eigenvalue weighted by molar-refractivity contribution is 0.0885. The van der Waals surface area contributed by atoms with Gasteiger partial charge >= 0.3 is 0 Å². The van der Waals surface area contributed by atoms with Crippen LogP contribution in [0.4, 0.5) is 0 Å². The minimum absolute atomic E-state index is 0.0549. The molecule has 1 heterocycles. The topological polar surface area (TPSA) is 62.5 Å². The summed E-state index contributed by atoms with van der Waals surface area (Å²) in [6.07, 6.45) is 2.67. The third-order valence-electron chi connectivity index (χ3n) is 2.22. The number of furan rings is 1. The van der Waals surface area contributed by atoms with Crippen LogP contribution in [0, 0.1) is 0 Å². The standard InChI is InChI=1S/C11H17NO3S/c1-3-8(6-13)12-11(14)10-5-4-9(15-10)7-16-2/h4-5,8,13H,3,6-7H2,1-2H3,(H,12,14)/t8-/m0/s1. The second-order valence-corrected chi connectivity index (χ2v) is 4.33. The first kappa shape index (κ1) is 13.1. The van der Waals surface area contributed by atoms with Crippen molar-refractivity contribution in [1.82, 2.24) is 5.32 Å². The van der Waals surface area contributed by atoms with Gasteiger partial charge in [0.2, 0.25) is 0 Å². The lowest BCUT2D eigenvalue weighted by Crippen LogP contribution is -2.36. The highest BCUT2D eigenvalue weighted by Gasteiger charge is 2.14. The number of nitrogens with one attached hydrogen (secondary N) is 1. The van der Waals surface area contributed by atoms with Crippen molar-refractivity contribution in [3.8, 4) is 0 Å². The van der Waals surface area contributed by atoms with E-state index in [0.717, 1.165) is 11.5 Å². The molecule has 1 atom stereocenters. The fourth-order valence-corrected chi connectivity index (χ4v) is 1.69. The minimum Gasteiger partial charge on any atom is -0.455 e. The maximum absolute atomic E-state index is 11.7. The van der Waals surface area contributed by atoms with Crippen molar-refractivity contribution in [3.63, 3.8) is 0 Å². The van der Waals surface area contributed by atoms with E-state index in [1.165, 1.54) is 0 Å². The van der Waals surface area contributed by atoms with Crippen LogP contribution in [0.3, 0.4) is 0 Å². The first-order valence-corrected chi connectivity index (χ1v) is 6.60. The Hall–Kier alpha value is -0.940. The number of amides is 1. The van der Waals surface area contributed by atoms with E-state index in [2.05, 4.69) is 5.32 Å². The van der Waals surface area contributed by atoms with Gasteiger partial charge in [-0.2, -0.15) is 11.8 Å². The van der Waals surface area contributed by atoms with Crippen molar-refractivity contribution in [1.29, 1.82) is 0 Å². The molecule has 0 spiro atoms. The number of rotatable bonds is 6. The van der Waals surface area contributed by atoms with E-state index in [4.69, 9.17) is 9.52 Å². The molecule has 0 saturated heterocycles. The van der Waals surface area contributed by atoms with Crippen LogP contribution in [-0.2, 0) is 5.75 Å². The van der Waals surface area contributed by atoms with Gasteiger partial charge in [0.25, 0.3) is 5.91 Å². The van der Waals surface area contributed by atoms with Crippen molar-refractivity contribution in [2.45, 2.75) is 25.1 Å². The highest BCUT2D eigenvalue weighted by Crippen LogP contribution is 2.13. The zero-order chi connectivity index (χ0) is 12.0. The van der Waals surface area contributed by atoms with Crippen molar-refractivity contribution in [2.24, 2.45) is 0 Å². The first-order valence-electron chi connectivity index (χ1n) is 5.20. The molecule has 1 aromatic heterocycles. The number of aliphatic hydroxyl groups is 1. The van der Waals surface area contributed by atoms with E-state index in [1.807, 2.05) is 13.2 Å². The molecule has 90 valence electrons. The maximum atomic E-state index is 11.7. The van der Waals surface area contributed by atoms with E-state index >= 15 is 0 Å². The zero-order valence-corrected chi connectivity index (χ0v) is 10.3. The van der Waals surface area contributed by atoms with Crippen molar-refractivity contribution in [2.75, 3.05) is 12.9 Å². The summed E-state index contributed by atoms with van der Waals surface area (Å²) >= 11 is 1.64. The van der Waals surface area contributed by atoms with Crippen LogP contribution in [-0.4, -0.2) is 29.9 Å². The van der Waals surface area contributed by atoms with Crippen LogP contribution in [0.15, 0.2) is 16.5 Å². The van der Waals surface area contributed by atoms with Crippen LogP contribution < -0.4 is 5.32 Å². The Morgan fingerprint density at radius 2 is 2.38 bits per heavy atom. The molecule has 1 rings (SSSR count). The van der Waals surface area contributed by atoms with Gasteiger partial charge in [0.15, 0.2) is 5.76 Å². The third-order valence-corrected chi connectivity index (χ3v) is 2.79. The van der Waals surface area contributed by atoms with Gasteiger partial charge in [-0.05, 0) is 24.8 Å². The van der Waals surface area contributed by atoms with Crippen LogP contribution in [0.2, 0.25) is 0 Å². The Labute approximate surface area is 99.4 Å². The van der Waals surface area contributed by atoms with E-state index in [9.17, 15) is 4.79 Å². The highest BCUT2D eigenvalue weighted by atomic mass is 32.2. The first-order chi connectivity index (χ1) is 7.71. The summed E-state index contributed by atoms with van der Waals surface area (Å²) in [6.45, 7) is 1.85. The van der Waals surface area contributed by atoms with Crippen LogP contribution in [0.1, 0.15) is 29.7 Å². The molecule has 0 radical (unpaired) electrons. The Morgan fingerprint density at radius 1 is 1.62 bits per heavy atom. The lowest BCUT2D eigenvalue weighted by Gasteiger charge is -2.12. The van der Waals surface area contributed by atoms with Gasteiger partial charge < -0.3 is 14.8 Å². The molecule has 2 N–H and O–H groups in total. The van der Waals surface area contributed by atoms with Gasteiger partial charge in [-0.25, -0.2) is 0 Å². The summed E-state index contributed by atoms with van der Waals surface area (Å²) in [4.78, 5) is 11.7. The maximum Gasteiger partial charge on any atom is 0.287 e. The van der Waals surface area contributed by atoms with Gasteiger partial charge in [0.1, 0.15) is 5.76 Å². The van der Waals surface area contributed by atoms with Crippen molar-refractivity contribution < 1.29 is 14.3 Å². The molecule has 0 fully saturated rings. The number of hydrogen-bond donors (Lipinski definition) is 2. The molecule has 0 aliphatic heterocycles. The molecule has 0 unspecified atom stereocenters. The smallest absolute Gasteiger partial charge is 0.287 e. The Kier molecular flexibility index (Phi) is 5.42. The summed E-state index contributed by atoms with van der Waals surface area (Å²) in [5.41, 5.74) is 0. The van der Waals surface area contributed by atoms with Gasteiger partial charge in [-0.1, -0.05) is 6.92 Å². The summed E-state index contributed by atoms with van der Waals surface area (Å²) in [5.74, 6) is 1.57. The third kappa shape index (κ3) is 3.57. The molecule has 16 heavy (non-hydrogen) atoms. The fourth-order valence-electron chi connectivity index (χ4n) is 1.25. The summed E-state index contributed by atoms with van der Waals surface area (Å²) in [6, 6.07) is 3.25. The molecule has 0 aliphatic carbocycles. The van der Waals surface area contributed by atoms with E-state index in [0.29, 0.717) is 12.2 Å². The molecule has 0 aromatic carbocycles. The van der Waals surface area contributed by atoms with Gasteiger partial charge in [0.05, 0.1) is 18.4 Å². The van der Waals surface area contributed by atoms with Gasteiger partial charge in [-0.15, -0.1) is 0 Å². The van der Waals surface area contributed by atoms with E-state index < -0.39 is 0 Å². The predicted molar refractivity (Wildman–Crippen MR) is 64.6 cm³/mol. The van der Waals surface area contributed by atoms with Crippen LogP contribution in [0.5, 0.6) is 0 Å². The molecular weight excluding hydrogens is 226 g/mol. The van der Waals surface area contributed by atoms with E-state index in [1.54, 1.807) is 23.9 Å². The van der Waals surface area contributed by atoms with Crippen molar-refractivity contribution >= 4 is 17.7 Å². The largest absolute Gasteiger partial charge is 0.455 e. The second-order valence-electron chi connectivity index (χ2n) is 3.46. The summed E-state index contributed by atoms with van der Waals surface area (Å²) in [7, 11) is 0. The Balaban J connectivity index is 2.58. The van der Waals surface area contributed by atoms with E-state index in [-0.39, 0.29) is 18.6 Å².